The molecule has 2 aromatic carbocycles. The Morgan fingerprint density at radius 3 is 2.51 bits per heavy atom. The number of allylic oxidation sites excluding steroid dienone is 1. The van der Waals surface area contributed by atoms with Gasteiger partial charge in [-0.15, -0.1) is 0 Å². The Bertz CT molecular complexity index is 1860. The van der Waals surface area contributed by atoms with Crippen molar-refractivity contribution in [3.8, 4) is 22.8 Å². The summed E-state index contributed by atoms with van der Waals surface area (Å²) in [4.78, 5) is 43.1. The molecule has 2 aromatic heterocycles. The first-order chi connectivity index (χ1) is 19.7. The van der Waals surface area contributed by atoms with Gasteiger partial charge in [0.2, 0.25) is 0 Å². The van der Waals surface area contributed by atoms with Crippen molar-refractivity contribution in [3.63, 3.8) is 0 Å². The van der Waals surface area contributed by atoms with Crippen LogP contribution in [0, 0.1) is 0 Å². The lowest BCUT2D eigenvalue weighted by molar-refractivity contribution is -0.255. The first-order valence-electron chi connectivity index (χ1n) is 12.6. The smallest absolute Gasteiger partial charge is 0.338 e. The third kappa shape index (κ3) is 5.19. The second-order valence-electron chi connectivity index (χ2n) is 8.98. The lowest BCUT2D eigenvalue weighted by atomic mass is 9.95. The quantitative estimate of drug-likeness (QED) is 0.294. The summed E-state index contributed by atoms with van der Waals surface area (Å²) in [5.41, 5.74) is 1.52. The van der Waals surface area contributed by atoms with E-state index in [1.54, 1.807) is 62.4 Å². The van der Waals surface area contributed by atoms with Gasteiger partial charge in [0.05, 0.1) is 42.6 Å². The van der Waals surface area contributed by atoms with Gasteiger partial charge in [-0.25, -0.2) is 9.79 Å². The molecule has 11 heteroatoms. The molecule has 41 heavy (non-hydrogen) atoms. The fraction of sp³-hybridized carbons (Fsp3) is 0.200. The van der Waals surface area contributed by atoms with Crippen LogP contribution >= 0.6 is 11.3 Å². The average Bonchev–Trinajstić information content (AvgIpc) is 3.56. The summed E-state index contributed by atoms with van der Waals surface area (Å²) in [5, 5.41) is 11.0. The number of carbonyl (C=O) groups excluding carboxylic acids is 2. The summed E-state index contributed by atoms with van der Waals surface area (Å²) in [6, 6.07) is 13.8. The number of ether oxygens (including phenoxy) is 3. The van der Waals surface area contributed by atoms with Gasteiger partial charge in [0.1, 0.15) is 29.1 Å². The van der Waals surface area contributed by atoms with E-state index in [0.717, 1.165) is 11.3 Å². The molecule has 5 rings (SSSR count). The molecule has 10 nitrogen and oxygen atoms in total. The SMILES string of the molecule is CCOC(=O)C1=C(C)N=c2s/c(=C\c3ccc(-c4ccc(C(=O)[O-])cc4)o3)c(=O)n2[C@@H]1c1cc(OC)ccc1OC. The molecule has 0 amide bonds. The number of carboxylic acid groups (broad SMARTS) is 1. The Kier molecular flexibility index (Phi) is 7.62. The molecule has 0 radical (unpaired) electrons. The van der Waals surface area contributed by atoms with Crippen molar-refractivity contribution >= 4 is 29.4 Å². The van der Waals surface area contributed by atoms with E-state index in [4.69, 9.17) is 18.6 Å². The largest absolute Gasteiger partial charge is 0.545 e. The molecule has 0 N–H and O–H groups in total. The number of rotatable bonds is 8. The van der Waals surface area contributed by atoms with Crippen LogP contribution in [0.5, 0.6) is 11.5 Å². The number of hydrogen-bond acceptors (Lipinski definition) is 10. The van der Waals surface area contributed by atoms with Gasteiger partial charge in [0.15, 0.2) is 4.80 Å². The van der Waals surface area contributed by atoms with Crippen molar-refractivity contribution < 1.29 is 33.3 Å². The minimum absolute atomic E-state index is 0.0568. The van der Waals surface area contributed by atoms with Crippen LogP contribution in [-0.4, -0.2) is 37.3 Å². The van der Waals surface area contributed by atoms with Gasteiger partial charge in [0.25, 0.3) is 5.56 Å². The predicted molar refractivity (Wildman–Crippen MR) is 148 cm³/mol. The predicted octanol–water partition coefficient (Wildman–Crippen LogP) is 2.44. The molecule has 0 bridgehead atoms. The fourth-order valence-electron chi connectivity index (χ4n) is 4.62. The number of hydrogen-bond donors (Lipinski definition) is 0. The van der Waals surface area contributed by atoms with Gasteiger partial charge >= 0.3 is 5.97 Å². The first kappa shape index (κ1) is 27.7. The minimum Gasteiger partial charge on any atom is -0.545 e. The number of carbonyl (C=O) groups is 2. The normalized spacial score (nSPS) is 14.8. The highest BCUT2D eigenvalue weighted by Gasteiger charge is 2.35. The maximum absolute atomic E-state index is 13.9. The van der Waals surface area contributed by atoms with Crippen LogP contribution in [0.3, 0.4) is 0 Å². The lowest BCUT2D eigenvalue weighted by Crippen LogP contribution is -2.40. The van der Waals surface area contributed by atoms with Crippen molar-refractivity contribution in [2.75, 3.05) is 20.8 Å². The molecule has 0 aliphatic carbocycles. The minimum atomic E-state index is -1.27. The third-order valence-corrected chi connectivity index (χ3v) is 7.54. The summed E-state index contributed by atoms with van der Waals surface area (Å²) in [6.07, 6.45) is 1.60. The zero-order valence-corrected chi connectivity index (χ0v) is 23.4. The fourth-order valence-corrected chi connectivity index (χ4v) is 5.65. The Morgan fingerprint density at radius 1 is 1.10 bits per heavy atom. The lowest BCUT2D eigenvalue weighted by Gasteiger charge is -2.26. The number of aromatic carboxylic acids is 1. The maximum atomic E-state index is 13.9. The Labute approximate surface area is 238 Å². The molecule has 4 aromatic rings. The van der Waals surface area contributed by atoms with Gasteiger partial charge in [-0.2, -0.15) is 0 Å². The topological polar surface area (TPSA) is 132 Å². The Hall–Kier alpha value is -4.90. The van der Waals surface area contributed by atoms with E-state index >= 15 is 0 Å². The summed E-state index contributed by atoms with van der Waals surface area (Å²) in [6.45, 7) is 3.56. The second-order valence-corrected chi connectivity index (χ2v) is 9.99. The number of benzene rings is 2. The van der Waals surface area contributed by atoms with Crippen molar-refractivity contribution in [3.05, 3.63) is 102 Å². The molecule has 0 unspecified atom stereocenters. The monoisotopic (exact) mass is 573 g/mol. The van der Waals surface area contributed by atoms with Crippen LogP contribution in [0.1, 0.15) is 41.6 Å². The third-order valence-electron chi connectivity index (χ3n) is 6.55. The molecule has 0 saturated heterocycles. The molecule has 0 saturated carbocycles. The molecule has 3 heterocycles. The van der Waals surface area contributed by atoms with Crippen LogP contribution in [0.4, 0.5) is 0 Å². The van der Waals surface area contributed by atoms with E-state index in [9.17, 15) is 19.5 Å². The zero-order valence-electron chi connectivity index (χ0n) is 22.6. The maximum Gasteiger partial charge on any atom is 0.338 e. The number of thiazole rings is 1. The second kappa shape index (κ2) is 11.3. The van der Waals surface area contributed by atoms with Gasteiger partial charge in [0, 0.05) is 17.2 Å². The number of esters is 1. The Morgan fingerprint density at radius 2 is 1.85 bits per heavy atom. The van der Waals surface area contributed by atoms with E-state index < -0.39 is 18.0 Å². The van der Waals surface area contributed by atoms with Crippen LogP contribution in [0.15, 0.2) is 80.1 Å². The van der Waals surface area contributed by atoms with Crippen LogP contribution < -0.4 is 29.5 Å². The first-order valence-corrected chi connectivity index (χ1v) is 13.4. The summed E-state index contributed by atoms with van der Waals surface area (Å²) >= 11 is 1.16. The van der Waals surface area contributed by atoms with E-state index in [1.165, 1.54) is 30.9 Å². The summed E-state index contributed by atoms with van der Waals surface area (Å²) in [5.74, 6) is 0.0369. The van der Waals surface area contributed by atoms with Crippen LogP contribution in [0.2, 0.25) is 0 Å². The number of methoxy groups -OCH3 is 2. The van der Waals surface area contributed by atoms with Gasteiger partial charge in [-0.05, 0) is 49.7 Å². The molecule has 0 spiro atoms. The van der Waals surface area contributed by atoms with Gasteiger partial charge in [-0.1, -0.05) is 35.6 Å². The van der Waals surface area contributed by atoms with E-state index in [2.05, 4.69) is 4.99 Å². The number of aromatic nitrogens is 1. The zero-order chi connectivity index (χ0) is 29.3. The number of fused-ring (bicyclic) bond motifs is 1. The highest BCUT2D eigenvalue weighted by molar-refractivity contribution is 7.07. The van der Waals surface area contributed by atoms with Crippen molar-refractivity contribution in [1.82, 2.24) is 4.57 Å². The molecule has 1 aliphatic heterocycles. The standard InChI is InChI=1S/C30H26N2O8S/c1-5-39-29(36)25-16(2)31-30-32(26(25)21-14-19(37-3)10-13-23(21)38-4)27(33)24(41-30)15-20-11-12-22(40-20)17-6-8-18(9-7-17)28(34)35/h6-15,26H,5H2,1-4H3,(H,34,35)/p-1/b24-15-/t26-/m1/s1. The van der Waals surface area contributed by atoms with Crippen molar-refractivity contribution in [1.29, 1.82) is 0 Å². The van der Waals surface area contributed by atoms with Gasteiger partial charge in [-0.3, -0.25) is 9.36 Å². The Balaban J connectivity index is 1.64. The summed E-state index contributed by atoms with van der Waals surface area (Å²) < 4.78 is 24.1. The summed E-state index contributed by atoms with van der Waals surface area (Å²) in [7, 11) is 3.04. The van der Waals surface area contributed by atoms with E-state index in [-0.39, 0.29) is 23.3 Å². The van der Waals surface area contributed by atoms with E-state index in [1.807, 2.05) is 0 Å². The highest BCUT2D eigenvalue weighted by atomic mass is 32.1. The average molecular weight is 574 g/mol. The van der Waals surface area contributed by atoms with Gasteiger partial charge < -0.3 is 28.5 Å². The molecule has 0 fully saturated rings. The van der Waals surface area contributed by atoms with Crippen molar-refractivity contribution in [2.24, 2.45) is 4.99 Å². The molecule has 1 atom stereocenters. The van der Waals surface area contributed by atoms with Crippen LogP contribution in [0.25, 0.3) is 17.4 Å². The molecule has 1 aliphatic rings. The highest BCUT2D eigenvalue weighted by Crippen LogP contribution is 2.37. The van der Waals surface area contributed by atoms with Crippen LogP contribution in [-0.2, 0) is 9.53 Å². The number of carboxylic acids is 1. The van der Waals surface area contributed by atoms with E-state index in [0.29, 0.717) is 49.2 Å². The van der Waals surface area contributed by atoms with Crippen molar-refractivity contribution in [2.45, 2.75) is 19.9 Å². The number of nitrogens with zero attached hydrogens (tertiary/aromatic N) is 2. The molecule has 210 valence electrons. The molecular weight excluding hydrogens is 548 g/mol. The number of furan rings is 1. The molecular formula is C30H25N2O8S-.